The Bertz CT molecular complexity index is 1170. The summed E-state index contributed by atoms with van der Waals surface area (Å²) in [7, 11) is 1.56. The number of ether oxygens (including phenoxy) is 1. The van der Waals surface area contributed by atoms with Crippen LogP contribution in [0.4, 0.5) is 11.5 Å². The second-order valence-electron chi connectivity index (χ2n) is 8.28. The fraction of sp³-hybridized carbons (Fsp3) is 0.375. The highest BCUT2D eigenvalue weighted by molar-refractivity contribution is 5.94. The first-order valence-corrected chi connectivity index (χ1v) is 10.7. The second kappa shape index (κ2) is 8.79. The Labute approximate surface area is 181 Å². The molecule has 4 rings (SSSR count). The molecule has 31 heavy (non-hydrogen) atoms. The topological polar surface area (TPSA) is 76.5 Å². The number of carbonyl (C=O) groups excluding carboxylic acids is 1. The Morgan fingerprint density at radius 3 is 2.74 bits per heavy atom. The first-order chi connectivity index (χ1) is 15.0. The monoisotopic (exact) mass is 420 g/mol. The molecule has 1 aliphatic rings. The van der Waals surface area contributed by atoms with E-state index in [-0.39, 0.29) is 18.0 Å². The molecule has 1 atom stereocenters. The summed E-state index contributed by atoms with van der Waals surface area (Å²) in [6.45, 7) is 5.79. The number of anilines is 2. The van der Waals surface area contributed by atoms with Crippen LogP contribution >= 0.6 is 0 Å². The molecule has 0 saturated carbocycles. The molecule has 0 aliphatic carbocycles. The van der Waals surface area contributed by atoms with Crippen LogP contribution in [0.15, 0.2) is 47.3 Å². The maximum absolute atomic E-state index is 13.1. The van der Waals surface area contributed by atoms with Gasteiger partial charge in [-0.2, -0.15) is 5.10 Å². The van der Waals surface area contributed by atoms with E-state index in [1.54, 1.807) is 19.2 Å². The molecule has 0 bridgehead atoms. The van der Waals surface area contributed by atoms with Gasteiger partial charge in [0.2, 0.25) is 5.91 Å². The summed E-state index contributed by atoms with van der Waals surface area (Å²) in [6.07, 6.45) is 2.28. The third kappa shape index (κ3) is 4.40. The molecule has 2 heterocycles. The highest BCUT2D eigenvalue weighted by Crippen LogP contribution is 2.27. The predicted octanol–water partition coefficient (Wildman–Crippen LogP) is 3.59. The van der Waals surface area contributed by atoms with Crippen LogP contribution in [0.25, 0.3) is 10.8 Å². The zero-order valence-corrected chi connectivity index (χ0v) is 18.2. The molecule has 1 N–H and O–H groups in total. The van der Waals surface area contributed by atoms with Gasteiger partial charge in [0.15, 0.2) is 5.82 Å². The average molecular weight is 421 g/mol. The van der Waals surface area contributed by atoms with E-state index in [1.807, 2.05) is 37.3 Å². The number of fused-ring (bicyclic) bond motifs is 1. The van der Waals surface area contributed by atoms with Crippen molar-refractivity contribution in [2.24, 2.45) is 5.92 Å². The van der Waals surface area contributed by atoms with Crippen molar-refractivity contribution in [3.8, 4) is 5.75 Å². The number of benzene rings is 2. The zero-order valence-electron chi connectivity index (χ0n) is 18.2. The Morgan fingerprint density at radius 1 is 1.23 bits per heavy atom. The molecule has 1 saturated heterocycles. The van der Waals surface area contributed by atoms with Crippen molar-refractivity contribution < 1.29 is 9.53 Å². The number of methoxy groups -OCH3 is 1. The van der Waals surface area contributed by atoms with Crippen molar-refractivity contribution in [1.29, 1.82) is 0 Å². The molecule has 7 heteroatoms. The summed E-state index contributed by atoms with van der Waals surface area (Å²) in [5.74, 6) is 1.57. The van der Waals surface area contributed by atoms with Gasteiger partial charge in [-0.05, 0) is 49.4 Å². The van der Waals surface area contributed by atoms with Gasteiger partial charge in [0.1, 0.15) is 12.3 Å². The van der Waals surface area contributed by atoms with E-state index in [1.165, 1.54) is 11.1 Å². The molecule has 1 amide bonds. The highest BCUT2D eigenvalue weighted by atomic mass is 16.5. The van der Waals surface area contributed by atoms with Gasteiger partial charge in [0, 0.05) is 18.5 Å². The van der Waals surface area contributed by atoms with Gasteiger partial charge in [-0.25, -0.2) is 4.68 Å². The summed E-state index contributed by atoms with van der Waals surface area (Å²) in [5.41, 5.74) is 1.31. The lowest BCUT2D eigenvalue weighted by molar-refractivity contribution is -0.117. The van der Waals surface area contributed by atoms with Crippen LogP contribution < -0.4 is 20.5 Å². The van der Waals surface area contributed by atoms with Crippen LogP contribution in [0.1, 0.15) is 25.3 Å². The van der Waals surface area contributed by atoms with Crippen LogP contribution in [-0.4, -0.2) is 35.9 Å². The zero-order chi connectivity index (χ0) is 22.0. The van der Waals surface area contributed by atoms with Gasteiger partial charge >= 0.3 is 0 Å². The van der Waals surface area contributed by atoms with Crippen molar-refractivity contribution in [2.45, 2.75) is 33.2 Å². The number of amides is 1. The molecule has 1 aromatic heterocycles. The van der Waals surface area contributed by atoms with Crippen LogP contribution in [0.2, 0.25) is 0 Å². The summed E-state index contributed by atoms with van der Waals surface area (Å²) >= 11 is 0. The predicted molar refractivity (Wildman–Crippen MR) is 123 cm³/mol. The van der Waals surface area contributed by atoms with E-state index in [0.29, 0.717) is 22.7 Å². The number of aryl methyl sites for hydroxylation is 1. The second-order valence-corrected chi connectivity index (χ2v) is 8.28. The van der Waals surface area contributed by atoms with E-state index in [0.717, 1.165) is 36.3 Å². The van der Waals surface area contributed by atoms with Crippen molar-refractivity contribution in [3.63, 3.8) is 0 Å². The summed E-state index contributed by atoms with van der Waals surface area (Å²) in [5, 5.41) is 8.90. The lowest BCUT2D eigenvalue weighted by atomic mass is 10.00. The Kier molecular flexibility index (Phi) is 5.93. The maximum Gasteiger partial charge on any atom is 0.275 e. The molecule has 3 aromatic rings. The third-order valence-electron chi connectivity index (χ3n) is 5.73. The normalized spacial score (nSPS) is 16.4. The number of nitrogens with zero attached hydrogens (tertiary/aromatic N) is 3. The molecule has 7 nitrogen and oxygen atoms in total. The minimum Gasteiger partial charge on any atom is -0.495 e. The minimum absolute atomic E-state index is 0.169. The summed E-state index contributed by atoms with van der Waals surface area (Å²) in [4.78, 5) is 28.1. The molecule has 0 radical (unpaired) electrons. The average Bonchev–Trinajstić information content (AvgIpc) is 2.76. The van der Waals surface area contributed by atoms with Gasteiger partial charge in [-0.15, -0.1) is 0 Å². The van der Waals surface area contributed by atoms with Crippen LogP contribution in [-0.2, 0) is 11.3 Å². The molecular formula is C24H28N4O3. The lowest BCUT2D eigenvalue weighted by Gasteiger charge is -2.32. The number of piperidine rings is 1. The van der Waals surface area contributed by atoms with E-state index in [4.69, 9.17) is 4.74 Å². The molecule has 0 spiro atoms. The largest absolute Gasteiger partial charge is 0.495 e. The number of nitrogens with one attached hydrogen (secondary N) is 1. The van der Waals surface area contributed by atoms with Crippen molar-refractivity contribution in [1.82, 2.24) is 9.78 Å². The molecule has 2 aromatic carbocycles. The highest BCUT2D eigenvalue weighted by Gasteiger charge is 2.22. The fourth-order valence-electron chi connectivity index (χ4n) is 4.19. The van der Waals surface area contributed by atoms with E-state index in [2.05, 4.69) is 22.2 Å². The van der Waals surface area contributed by atoms with Gasteiger partial charge in [0.25, 0.3) is 5.56 Å². The van der Waals surface area contributed by atoms with Crippen molar-refractivity contribution in [3.05, 3.63) is 58.4 Å². The lowest BCUT2D eigenvalue weighted by Crippen LogP contribution is -2.38. The quantitative estimate of drug-likeness (QED) is 0.683. The van der Waals surface area contributed by atoms with Crippen LogP contribution in [0.5, 0.6) is 5.75 Å². The SMILES string of the molecule is COc1ccc(C)cc1NC(=O)Cn1nc(N2CCC[C@@H](C)C2)c2ccccc2c1=O. The summed E-state index contributed by atoms with van der Waals surface area (Å²) < 4.78 is 6.61. The van der Waals surface area contributed by atoms with E-state index < -0.39 is 0 Å². The van der Waals surface area contributed by atoms with Gasteiger partial charge in [-0.3, -0.25) is 9.59 Å². The number of hydrogen-bond acceptors (Lipinski definition) is 5. The Morgan fingerprint density at radius 2 is 2.00 bits per heavy atom. The molecule has 0 unspecified atom stereocenters. The number of aromatic nitrogens is 2. The van der Waals surface area contributed by atoms with Crippen molar-refractivity contribution in [2.75, 3.05) is 30.4 Å². The van der Waals surface area contributed by atoms with Gasteiger partial charge in [0.05, 0.1) is 18.2 Å². The number of rotatable bonds is 5. The maximum atomic E-state index is 13.1. The standard InChI is InChI=1S/C24H28N4O3/c1-16-10-11-21(31-3)20(13-16)25-22(29)15-28-24(30)19-9-5-4-8-18(19)23(26-28)27-12-6-7-17(2)14-27/h4-5,8-11,13,17H,6-7,12,14-15H2,1-3H3,(H,25,29)/t17-/m1/s1. The van der Waals surface area contributed by atoms with Gasteiger partial charge in [-0.1, -0.05) is 31.2 Å². The van der Waals surface area contributed by atoms with E-state index in [9.17, 15) is 9.59 Å². The number of hydrogen-bond donors (Lipinski definition) is 1. The molecule has 1 aliphatic heterocycles. The third-order valence-corrected chi connectivity index (χ3v) is 5.73. The molecular weight excluding hydrogens is 392 g/mol. The molecule has 1 fully saturated rings. The minimum atomic E-state index is -0.327. The van der Waals surface area contributed by atoms with Crippen LogP contribution in [0, 0.1) is 12.8 Å². The van der Waals surface area contributed by atoms with Crippen molar-refractivity contribution >= 4 is 28.2 Å². The first-order valence-electron chi connectivity index (χ1n) is 10.7. The van der Waals surface area contributed by atoms with Crippen LogP contribution in [0.3, 0.4) is 0 Å². The number of carbonyl (C=O) groups is 1. The summed E-state index contributed by atoms with van der Waals surface area (Å²) in [6, 6.07) is 13.1. The van der Waals surface area contributed by atoms with Gasteiger partial charge < -0.3 is 15.0 Å². The Balaban J connectivity index is 1.68. The smallest absolute Gasteiger partial charge is 0.275 e. The van der Waals surface area contributed by atoms with E-state index >= 15 is 0 Å². The molecule has 162 valence electrons. The Hall–Kier alpha value is -3.35. The fourth-order valence-corrected chi connectivity index (χ4v) is 4.19. The first kappa shape index (κ1) is 20.9.